The van der Waals surface area contributed by atoms with E-state index in [0.717, 1.165) is 41.8 Å². The predicted octanol–water partition coefficient (Wildman–Crippen LogP) is 2.88. The van der Waals surface area contributed by atoms with Crippen molar-refractivity contribution in [2.75, 3.05) is 33.8 Å². The Labute approximate surface area is 147 Å². The first-order valence-corrected chi connectivity index (χ1v) is 8.18. The highest BCUT2D eigenvalue weighted by Gasteiger charge is 2.23. The fourth-order valence-electron chi connectivity index (χ4n) is 2.91. The van der Waals surface area contributed by atoms with Gasteiger partial charge < -0.3 is 15.0 Å². The number of nitrogens with one attached hydrogen (secondary N) is 1. The highest BCUT2D eigenvalue weighted by Crippen LogP contribution is 2.25. The largest absolute Gasteiger partial charge is 0.496 e. The lowest BCUT2D eigenvalue weighted by molar-refractivity contribution is -0.132. The fraction of sp³-hybridized carbons (Fsp3) is 0.562. The number of carbonyl (C=O) groups is 1. The number of piperidine rings is 1. The summed E-state index contributed by atoms with van der Waals surface area (Å²) in [5.74, 6) is 1.53. The minimum atomic E-state index is 0. The maximum absolute atomic E-state index is 12.5. The van der Waals surface area contributed by atoms with Crippen molar-refractivity contribution >= 4 is 34.2 Å². The zero-order valence-electron chi connectivity index (χ0n) is 13.1. The zero-order chi connectivity index (χ0) is 15.2. The normalized spacial score (nSPS) is 17.8. The first-order chi connectivity index (χ1) is 10.1. The van der Waals surface area contributed by atoms with Gasteiger partial charge in [0.2, 0.25) is 5.91 Å². The highest BCUT2D eigenvalue weighted by molar-refractivity contribution is 9.10. The quantitative estimate of drug-likeness (QED) is 0.839. The molecule has 1 fully saturated rings. The number of methoxy groups -OCH3 is 1. The first kappa shape index (κ1) is 19.3. The maximum atomic E-state index is 12.5. The number of hydrogen-bond donors (Lipinski definition) is 1. The molecule has 1 atom stereocenters. The second-order valence-corrected chi connectivity index (χ2v) is 6.45. The van der Waals surface area contributed by atoms with Gasteiger partial charge in [-0.2, -0.15) is 0 Å². The molecule has 1 heterocycles. The van der Waals surface area contributed by atoms with Crippen molar-refractivity contribution in [3.05, 3.63) is 28.2 Å². The van der Waals surface area contributed by atoms with Crippen LogP contribution in [-0.2, 0) is 11.2 Å². The van der Waals surface area contributed by atoms with Gasteiger partial charge in [-0.15, -0.1) is 12.4 Å². The smallest absolute Gasteiger partial charge is 0.227 e. The Morgan fingerprint density at radius 2 is 2.27 bits per heavy atom. The summed E-state index contributed by atoms with van der Waals surface area (Å²) >= 11 is 3.45. The SMILES string of the molecule is CNCC1CCCN(C(=O)Cc2cc(Br)ccc2OC)C1.Cl. The van der Waals surface area contributed by atoms with Gasteiger partial charge in [0.05, 0.1) is 13.5 Å². The van der Waals surface area contributed by atoms with Crippen molar-refractivity contribution in [1.29, 1.82) is 0 Å². The van der Waals surface area contributed by atoms with Crippen LogP contribution in [0.1, 0.15) is 18.4 Å². The average Bonchev–Trinajstić information content (AvgIpc) is 2.48. The number of halogens is 2. The summed E-state index contributed by atoms with van der Waals surface area (Å²) < 4.78 is 6.32. The Balaban J connectivity index is 0.00000242. The molecule has 1 N–H and O–H groups in total. The number of rotatable bonds is 5. The van der Waals surface area contributed by atoms with Gasteiger partial charge >= 0.3 is 0 Å². The van der Waals surface area contributed by atoms with E-state index >= 15 is 0 Å². The van der Waals surface area contributed by atoms with E-state index in [9.17, 15) is 4.79 Å². The topological polar surface area (TPSA) is 41.6 Å². The molecule has 1 amide bonds. The lowest BCUT2D eigenvalue weighted by Gasteiger charge is -2.33. The summed E-state index contributed by atoms with van der Waals surface area (Å²) in [6, 6.07) is 5.79. The van der Waals surface area contributed by atoms with Gasteiger partial charge in [-0.05, 0) is 50.6 Å². The lowest BCUT2D eigenvalue weighted by atomic mass is 9.97. The molecule has 6 heteroatoms. The number of carbonyl (C=O) groups excluding carboxylic acids is 1. The van der Waals surface area contributed by atoms with E-state index in [-0.39, 0.29) is 18.3 Å². The van der Waals surface area contributed by atoms with Crippen LogP contribution in [0.3, 0.4) is 0 Å². The molecule has 1 aliphatic rings. The molecule has 1 aliphatic heterocycles. The maximum Gasteiger partial charge on any atom is 0.227 e. The second kappa shape index (κ2) is 9.38. The molecule has 0 bridgehead atoms. The molecule has 0 aromatic heterocycles. The number of ether oxygens (including phenoxy) is 1. The third-order valence-electron chi connectivity index (χ3n) is 3.95. The van der Waals surface area contributed by atoms with E-state index in [4.69, 9.17) is 4.74 Å². The van der Waals surface area contributed by atoms with Gasteiger partial charge in [-0.1, -0.05) is 15.9 Å². The fourth-order valence-corrected chi connectivity index (χ4v) is 3.32. The van der Waals surface area contributed by atoms with Gasteiger partial charge in [-0.3, -0.25) is 4.79 Å². The van der Waals surface area contributed by atoms with Crippen molar-refractivity contribution in [2.45, 2.75) is 19.3 Å². The van der Waals surface area contributed by atoms with E-state index in [1.54, 1.807) is 7.11 Å². The van der Waals surface area contributed by atoms with Crippen LogP contribution in [0, 0.1) is 5.92 Å². The van der Waals surface area contributed by atoms with Crippen molar-refractivity contribution < 1.29 is 9.53 Å². The van der Waals surface area contributed by atoms with Crippen molar-refractivity contribution in [3.8, 4) is 5.75 Å². The van der Waals surface area contributed by atoms with Gasteiger partial charge in [0, 0.05) is 23.1 Å². The summed E-state index contributed by atoms with van der Waals surface area (Å²) in [5.41, 5.74) is 0.938. The van der Waals surface area contributed by atoms with E-state index in [1.165, 1.54) is 6.42 Å². The van der Waals surface area contributed by atoms with E-state index < -0.39 is 0 Å². The van der Waals surface area contributed by atoms with E-state index in [1.807, 2.05) is 30.1 Å². The minimum absolute atomic E-state index is 0. The average molecular weight is 392 g/mol. The molecule has 1 saturated heterocycles. The molecule has 124 valence electrons. The van der Waals surface area contributed by atoms with Crippen LogP contribution in [0.4, 0.5) is 0 Å². The van der Waals surface area contributed by atoms with Gasteiger partial charge in [0.1, 0.15) is 5.75 Å². The van der Waals surface area contributed by atoms with Crippen LogP contribution in [0.25, 0.3) is 0 Å². The van der Waals surface area contributed by atoms with Gasteiger partial charge in [0.15, 0.2) is 0 Å². The van der Waals surface area contributed by atoms with Crippen molar-refractivity contribution in [2.24, 2.45) is 5.92 Å². The monoisotopic (exact) mass is 390 g/mol. The highest BCUT2D eigenvalue weighted by atomic mass is 79.9. The van der Waals surface area contributed by atoms with E-state index in [2.05, 4.69) is 21.2 Å². The molecular weight excluding hydrogens is 368 g/mol. The Kier molecular flexibility index (Phi) is 8.21. The molecule has 0 saturated carbocycles. The van der Waals surface area contributed by atoms with Crippen LogP contribution in [0.5, 0.6) is 5.75 Å². The summed E-state index contributed by atoms with van der Waals surface area (Å²) in [4.78, 5) is 14.5. The third kappa shape index (κ3) is 5.14. The number of likely N-dealkylation sites (tertiary alicyclic amines) is 1. The molecule has 22 heavy (non-hydrogen) atoms. The molecule has 1 aromatic rings. The molecule has 2 rings (SSSR count). The summed E-state index contributed by atoms with van der Waals surface area (Å²) in [6.45, 7) is 2.70. The molecule has 0 aliphatic carbocycles. The Hall–Kier alpha value is -0.780. The van der Waals surface area contributed by atoms with Crippen molar-refractivity contribution in [3.63, 3.8) is 0 Å². The summed E-state index contributed by atoms with van der Waals surface area (Å²) in [6.07, 6.45) is 2.69. The lowest BCUT2D eigenvalue weighted by Crippen LogP contribution is -2.43. The van der Waals surface area contributed by atoms with Gasteiger partial charge in [-0.25, -0.2) is 0 Å². The third-order valence-corrected chi connectivity index (χ3v) is 4.44. The number of benzene rings is 1. The predicted molar refractivity (Wildman–Crippen MR) is 94.9 cm³/mol. The number of amides is 1. The van der Waals surface area contributed by atoms with E-state index in [0.29, 0.717) is 12.3 Å². The summed E-state index contributed by atoms with van der Waals surface area (Å²) in [7, 11) is 3.61. The Bertz CT molecular complexity index is 497. The Morgan fingerprint density at radius 1 is 1.50 bits per heavy atom. The molecule has 4 nitrogen and oxygen atoms in total. The number of nitrogens with zero attached hydrogens (tertiary/aromatic N) is 1. The van der Waals surface area contributed by atoms with Gasteiger partial charge in [0.25, 0.3) is 0 Å². The number of hydrogen-bond acceptors (Lipinski definition) is 3. The van der Waals surface area contributed by atoms with Crippen LogP contribution in [0.15, 0.2) is 22.7 Å². The first-order valence-electron chi connectivity index (χ1n) is 7.38. The second-order valence-electron chi connectivity index (χ2n) is 5.54. The Morgan fingerprint density at radius 3 is 2.95 bits per heavy atom. The van der Waals surface area contributed by atoms with Crippen LogP contribution < -0.4 is 10.1 Å². The summed E-state index contributed by atoms with van der Waals surface area (Å²) in [5, 5.41) is 3.21. The standard InChI is InChI=1S/C16H23BrN2O2.ClH/c1-18-10-12-4-3-7-19(11-12)16(20)9-13-8-14(17)5-6-15(13)21-2;/h5-6,8,12,18H,3-4,7,9-11H2,1-2H3;1H. The van der Waals surface area contributed by atoms with Crippen molar-refractivity contribution in [1.82, 2.24) is 10.2 Å². The molecule has 0 spiro atoms. The molecule has 1 aromatic carbocycles. The van der Waals surface area contributed by atoms with Crippen LogP contribution in [0.2, 0.25) is 0 Å². The zero-order valence-corrected chi connectivity index (χ0v) is 15.5. The minimum Gasteiger partial charge on any atom is -0.496 e. The van der Waals surface area contributed by atoms with Crippen LogP contribution >= 0.6 is 28.3 Å². The molecule has 1 unspecified atom stereocenters. The van der Waals surface area contributed by atoms with Crippen LogP contribution in [-0.4, -0.2) is 44.6 Å². The molecule has 0 radical (unpaired) electrons. The molecular formula is C16H24BrClN2O2.